The van der Waals surface area contributed by atoms with Gasteiger partial charge in [0.2, 0.25) is 5.91 Å². The molecule has 1 aliphatic carbocycles. The van der Waals surface area contributed by atoms with Gasteiger partial charge in [-0.3, -0.25) is 4.79 Å². The van der Waals surface area contributed by atoms with E-state index < -0.39 is 17.7 Å². The van der Waals surface area contributed by atoms with Gasteiger partial charge >= 0.3 is 6.09 Å². The second-order valence-electron chi connectivity index (χ2n) is 7.36. The normalized spacial score (nSPS) is 25.2. The Kier molecular flexibility index (Phi) is 6.23. The van der Waals surface area contributed by atoms with Crippen molar-refractivity contribution in [3.05, 3.63) is 0 Å². The lowest BCUT2D eigenvalue weighted by atomic mass is 9.80. The molecule has 1 fully saturated rings. The Morgan fingerprint density at radius 3 is 2.00 bits per heavy atom. The summed E-state index contributed by atoms with van der Waals surface area (Å²) in [5.74, 6) is -0.0339. The van der Waals surface area contributed by atoms with Gasteiger partial charge in [0.05, 0.1) is 0 Å². The lowest BCUT2D eigenvalue weighted by Gasteiger charge is -2.43. The number of rotatable bonds is 4. The highest BCUT2D eigenvalue weighted by Gasteiger charge is 2.36. The summed E-state index contributed by atoms with van der Waals surface area (Å²) in [6, 6.07) is 0.0318. The molecule has 1 aliphatic rings. The number of hydrogen-bond donors (Lipinski definition) is 3. The largest absolute Gasteiger partial charge is 0.465 e. The average Bonchev–Trinajstić information content (AvgIpc) is 2.37. The lowest BCUT2D eigenvalue weighted by molar-refractivity contribution is -0.129. The summed E-state index contributed by atoms with van der Waals surface area (Å²) in [5, 5.41) is 21.6. The van der Waals surface area contributed by atoms with Gasteiger partial charge in [-0.05, 0) is 66.2 Å². The van der Waals surface area contributed by atoms with Crippen LogP contribution < -0.4 is 5.32 Å². The second-order valence-corrected chi connectivity index (χ2v) is 7.36. The molecule has 1 saturated carbocycles. The smallest absolute Gasteiger partial charge is 0.407 e. The fourth-order valence-electron chi connectivity index (χ4n) is 3.35. The standard InChI is InChI=1S/C16H30N2O4/c1-10(18(15(21)22)16(3,4)5)12-6-8-13(9-7-12)17-14(20)11(2)19/h10-13,19H,6-9H2,1-5H3,(H,17,20)(H,21,22)/t10-,11-,12?,13?/m1/s1. The van der Waals surface area contributed by atoms with E-state index in [1.807, 2.05) is 27.7 Å². The fourth-order valence-corrected chi connectivity index (χ4v) is 3.35. The number of aliphatic hydroxyl groups is 1. The average molecular weight is 314 g/mol. The van der Waals surface area contributed by atoms with Gasteiger partial charge in [0, 0.05) is 17.6 Å². The molecule has 2 amide bonds. The van der Waals surface area contributed by atoms with Gasteiger partial charge < -0.3 is 20.4 Å². The predicted molar refractivity (Wildman–Crippen MR) is 84.6 cm³/mol. The van der Waals surface area contributed by atoms with E-state index in [9.17, 15) is 19.8 Å². The number of aliphatic hydroxyl groups excluding tert-OH is 1. The summed E-state index contributed by atoms with van der Waals surface area (Å²) in [4.78, 5) is 24.6. The van der Waals surface area contributed by atoms with Crippen LogP contribution in [0.3, 0.4) is 0 Å². The van der Waals surface area contributed by atoms with Crippen LogP contribution in [0.15, 0.2) is 0 Å². The fraction of sp³-hybridized carbons (Fsp3) is 0.875. The van der Waals surface area contributed by atoms with Gasteiger partial charge in [0.1, 0.15) is 6.10 Å². The molecule has 0 aromatic carbocycles. The minimum atomic E-state index is -0.986. The molecule has 0 bridgehead atoms. The molecule has 0 aromatic heterocycles. The number of nitrogens with one attached hydrogen (secondary N) is 1. The van der Waals surface area contributed by atoms with Gasteiger partial charge in [-0.15, -0.1) is 0 Å². The van der Waals surface area contributed by atoms with Crippen molar-refractivity contribution >= 4 is 12.0 Å². The number of carbonyl (C=O) groups excluding carboxylic acids is 1. The van der Waals surface area contributed by atoms with Gasteiger partial charge in [-0.1, -0.05) is 0 Å². The molecule has 0 spiro atoms. The van der Waals surface area contributed by atoms with E-state index in [0.29, 0.717) is 5.92 Å². The topological polar surface area (TPSA) is 89.9 Å². The zero-order valence-corrected chi connectivity index (χ0v) is 14.3. The SMILES string of the molecule is C[C@H](C1CCC(NC(=O)[C@@H](C)O)CC1)N(C(=O)O)C(C)(C)C. The predicted octanol–water partition coefficient (Wildman–Crippen LogP) is 2.21. The van der Waals surface area contributed by atoms with Crippen molar-refractivity contribution in [3.63, 3.8) is 0 Å². The van der Waals surface area contributed by atoms with E-state index in [4.69, 9.17) is 0 Å². The number of nitrogens with zero attached hydrogens (tertiary/aromatic N) is 1. The first-order valence-corrected chi connectivity index (χ1v) is 8.04. The Bertz CT molecular complexity index is 395. The summed E-state index contributed by atoms with van der Waals surface area (Å²) in [6.45, 7) is 9.15. The maximum atomic E-state index is 11.6. The quantitative estimate of drug-likeness (QED) is 0.742. The van der Waals surface area contributed by atoms with Crippen LogP contribution in [0.4, 0.5) is 4.79 Å². The number of hydrogen-bond acceptors (Lipinski definition) is 3. The molecule has 6 heteroatoms. The molecule has 0 aliphatic heterocycles. The molecule has 22 heavy (non-hydrogen) atoms. The Hall–Kier alpha value is -1.30. The van der Waals surface area contributed by atoms with E-state index in [2.05, 4.69) is 5.32 Å². The van der Waals surface area contributed by atoms with Crippen LogP contribution >= 0.6 is 0 Å². The van der Waals surface area contributed by atoms with Crippen molar-refractivity contribution in [2.45, 2.75) is 84.0 Å². The van der Waals surface area contributed by atoms with Crippen LogP contribution in [-0.2, 0) is 4.79 Å². The third-order valence-corrected chi connectivity index (χ3v) is 4.52. The van der Waals surface area contributed by atoms with Gasteiger partial charge in [-0.25, -0.2) is 4.79 Å². The first-order chi connectivity index (χ1) is 10.0. The monoisotopic (exact) mass is 314 g/mol. The number of carbonyl (C=O) groups is 2. The van der Waals surface area contributed by atoms with Crippen LogP contribution in [0.5, 0.6) is 0 Å². The van der Waals surface area contributed by atoms with E-state index in [1.54, 1.807) is 0 Å². The van der Waals surface area contributed by atoms with E-state index in [0.717, 1.165) is 25.7 Å². The molecule has 0 radical (unpaired) electrons. The molecular formula is C16H30N2O4. The summed E-state index contributed by atoms with van der Waals surface area (Å²) in [5.41, 5.74) is -0.428. The molecule has 6 nitrogen and oxygen atoms in total. The maximum Gasteiger partial charge on any atom is 0.407 e. The van der Waals surface area contributed by atoms with Gasteiger partial charge in [0.15, 0.2) is 0 Å². The molecule has 2 atom stereocenters. The van der Waals surface area contributed by atoms with E-state index >= 15 is 0 Å². The Balaban J connectivity index is 2.60. The van der Waals surface area contributed by atoms with Crippen LogP contribution in [0.1, 0.15) is 60.3 Å². The van der Waals surface area contributed by atoms with Gasteiger partial charge in [-0.2, -0.15) is 0 Å². The number of carboxylic acid groups (broad SMARTS) is 1. The first-order valence-electron chi connectivity index (χ1n) is 8.04. The number of amides is 2. The molecule has 0 unspecified atom stereocenters. The van der Waals surface area contributed by atoms with Crippen molar-refractivity contribution in [3.8, 4) is 0 Å². The summed E-state index contributed by atoms with van der Waals surface area (Å²) in [6.07, 6.45) is 1.54. The third kappa shape index (κ3) is 4.87. The highest BCUT2D eigenvalue weighted by molar-refractivity contribution is 5.80. The molecule has 0 saturated heterocycles. The van der Waals surface area contributed by atoms with Crippen LogP contribution in [0.25, 0.3) is 0 Å². The van der Waals surface area contributed by atoms with Crippen LogP contribution in [-0.4, -0.2) is 50.8 Å². The molecule has 128 valence electrons. The van der Waals surface area contributed by atoms with Crippen molar-refractivity contribution in [2.75, 3.05) is 0 Å². The highest BCUT2D eigenvalue weighted by Crippen LogP contribution is 2.32. The van der Waals surface area contributed by atoms with Crippen molar-refractivity contribution in [1.82, 2.24) is 10.2 Å². The van der Waals surface area contributed by atoms with Crippen LogP contribution in [0, 0.1) is 5.92 Å². The minimum Gasteiger partial charge on any atom is -0.465 e. The third-order valence-electron chi connectivity index (χ3n) is 4.52. The Morgan fingerprint density at radius 2 is 1.64 bits per heavy atom. The van der Waals surface area contributed by atoms with Gasteiger partial charge in [0.25, 0.3) is 0 Å². The highest BCUT2D eigenvalue weighted by atomic mass is 16.4. The molecule has 3 N–H and O–H groups in total. The Morgan fingerprint density at radius 1 is 1.14 bits per heavy atom. The molecule has 0 aromatic rings. The zero-order valence-electron chi connectivity index (χ0n) is 14.3. The van der Waals surface area contributed by atoms with Crippen LogP contribution in [0.2, 0.25) is 0 Å². The molecule has 1 rings (SSSR count). The first kappa shape index (κ1) is 18.7. The van der Waals surface area contributed by atoms with Crippen molar-refractivity contribution in [1.29, 1.82) is 0 Å². The molecule has 0 heterocycles. The summed E-state index contributed by atoms with van der Waals surface area (Å²) < 4.78 is 0. The molecular weight excluding hydrogens is 284 g/mol. The summed E-state index contributed by atoms with van der Waals surface area (Å²) in [7, 11) is 0. The van der Waals surface area contributed by atoms with E-state index in [-0.39, 0.29) is 18.0 Å². The van der Waals surface area contributed by atoms with Crippen molar-refractivity contribution < 1.29 is 19.8 Å². The zero-order chi connectivity index (χ0) is 17.1. The van der Waals surface area contributed by atoms with E-state index in [1.165, 1.54) is 11.8 Å². The maximum absolute atomic E-state index is 11.6. The lowest BCUT2D eigenvalue weighted by Crippen LogP contribution is -2.53. The minimum absolute atomic E-state index is 0.0501. The second kappa shape index (κ2) is 7.31. The Labute approximate surface area is 132 Å². The van der Waals surface area contributed by atoms with Crippen molar-refractivity contribution in [2.24, 2.45) is 5.92 Å². The summed E-state index contributed by atoms with van der Waals surface area (Å²) >= 11 is 0.